The molecule has 9 heteroatoms. The predicted molar refractivity (Wildman–Crippen MR) is 122 cm³/mol. The van der Waals surface area contributed by atoms with Gasteiger partial charge in [0.05, 0.1) is 20.8 Å². The van der Waals surface area contributed by atoms with Crippen molar-refractivity contribution in [2.75, 3.05) is 27.4 Å². The van der Waals surface area contributed by atoms with E-state index in [1.807, 2.05) is 12.1 Å². The number of nitrogens with two attached hydrogens (primary N) is 1. The van der Waals surface area contributed by atoms with E-state index in [9.17, 15) is 9.59 Å². The van der Waals surface area contributed by atoms with Gasteiger partial charge in [0.1, 0.15) is 5.75 Å². The topological polar surface area (TPSA) is 119 Å². The van der Waals surface area contributed by atoms with Crippen LogP contribution in [-0.4, -0.2) is 45.2 Å². The first-order chi connectivity index (χ1) is 15.9. The van der Waals surface area contributed by atoms with Gasteiger partial charge in [0.25, 0.3) is 5.91 Å². The fourth-order valence-corrected chi connectivity index (χ4v) is 2.99. The summed E-state index contributed by atoms with van der Waals surface area (Å²) in [6.45, 7) is 2.41. The van der Waals surface area contributed by atoms with Crippen molar-refractivity contribution >= 4 is 23.9 Å². The second-order valence-electron chi connectivity index (χ2n) is 7.07. The third-order valence-corrected chi connectivity index (χ3v) is 4.63. The lowest BCUT2D eigenvalue weighted by Crippen LogP contribution is -2.20. The molecule has 1 aliphatic heterocycles. The molecule has 1 aliphatic rings. The summed E-state index contributed by atoms with van der Waals surface area (Å²) in [6, 6.07) is 10.4. The van der Waals surface area contributed by atoms with Crippen molar-refractivity contribution in [2.24, 2.45) is 10.7 Å². The molecule has 0 fully saturated rings. The molecule has 0 saturated carbocycles. The number of carbonyl (C=O) groups is 2. The smallest absolute Gasteiger partial charge is 0.363 e. The number of benzene rings is 2. The Hall–Kier alpha value is -4.01. The zero-order valence-corrected chi connectivity index (χ0v) is 18.8. The number of aliphatic imine (C=N–C) groups is 1. The van der Waals surface area contributed by atoms with Gasteiger partial charge >= 0.3 is 5.97 Å². The lowest BCUT2D eigenvalue weighted by atomic mass is 10.1. The van der Waals surface area contributed by atoms with Crippen LogP contribution in [0.15, 0.2) is 47.1 Å². The Morgan fingerprint density at radius 1 is 1.09 bits per heavy atom. The van der Waals surface area contributed by atoms with Crippen LogP contribution in [0.25, 0.3) is 6.08 Å². The Labute approximate surface area is 191 Å². The molecule has 2 aromatic rings. The van der Waals surface area contributed by atoms with Crippen LogP contribution in [0.1, 0.15) is 30.9 Å². The van der Waals surface area contributed by atoms with Gasteiger partial charge < -0.3 is 29.4 Å². The van der Waals surface area contributed by atoms with Crippen LogP contribution in [0.3, 0.4) is 0 Å². The van der Waals surface area contributed by atoms with Gasteiger partial charge in [-0.05, 0) is 54.5 Å². The molecule has 0 aromatic heterocycles. The molecule has 174 valence electrons. The van der Waals surface area contributed by atoms with Crippen LogP contribution in [0.2, 0.25) is 0 Å². The summed E-state index contributed by atoms with van der Waals surface area (Å²) in [5.74, 6) is 0.549. The molecule has 3 rings (SSSR count). The van der Waals surface area contributed by atoms with E-state index in [-0.39, 0.29) is 24.0 Å². The van der Waals surface area contributed by atoms with E-state index in [2.05, 4.69) is 11.9 Å². The third kappa shape index (κ3) is 6.03. The molecular weight excluding hydrogens is 428 g/mol. The van der Waals surface area contributed by atoms with Gasteiger partial charge in [-0.25, -0.2) is 9.79 Å². The van der Waals surface area contributed by atoms with Crippen LogP contribution in [-0.2, 0) is 14.3 Å². The predicted octanol–water partition coefficient (Wildman–Crippen LogP) is 3.09. The minimum atomic E-state index is -0.638. The first-order valence-corrected chi connectivity index (χ1v) is 10.4. The molecule has 2 aromatic carbocycles. The van der Waals surface area contributed by atoms with Gasteiger partial charge in [-0.3, -0.25) is 4.79 Å². The second-order valence-corrected chi connectivity index (χ2v) is 7.07. The Bertz CT molecular complexity index is 1050. The summed E-state index contributed by atoms with van der Waals surface area (Å²) in [5, 5.41) is 0. The number of rotatable bonds is 11. The Kier molecular flexibility index (Phi) is 7.91. The number of unbranched alkanes of at least 4 members (excludes halogenated alkanes) is 1. The van der Waals surface area contributed by atoms with E-state index in [4.69, 9.17) is 29.4 Å². The highest BCUT2D eigenvalue weighted by Gasteiger charge is 2.25. The van der Waals surface area contributed by atoms with Crippen LogP contribution in [0, 0.1) is 0 Å². The quantitative estimate of drug-likeness (QED) is 0.315. The maximum Gasteiger partial charge on any atom is 0.363 e. The zero-order chi connectivity index (χ0) is 23.8. The summed E-state index contributed by atoms with van der Waals surface area (Å²) < 4.78 is 27.1. The van der Waals surface area contributed by atoms with Gasteiger partial charge in [-0.15, -0.1) is 0 Å². The maximum absolute atomic E-state index is 12.4. The van der Waals surface area contributed by atoms with Gasteiger partial charge in [0.2, 0.25) is 11.6 Å². The Morgan fingerprint density at radius 3 is 2.33 bits per heavy atom. The van der Waals surface area contributed by atoms with Crippen molar-refractivity contribution in [3.8, 4) is 23.0 Å². The molecule has 2 N–H and O–H groups in total. The average molecular weight is 454 g/mol. The number of amides is 1. The number of cyclic esters (lactones) is 1. The lowest BCUT2D eigenvalue weighted by Gasteiger charge is -2.14. The second kappa shape index (κ2) is 11.0. The molecule has 0 atom stereocenters. The van der Waals surface area contributed by atoms with Crippen molar-refractivity contribution < 1.29 is 33.3 Å². The average Bonchev–Trinajstić information content (AvgIpc) is 3.18. The van der Waals surface area contributed by atoms with Crippen molar-refractivity contribution in [1.82, 2.24) is 0 Å². The molecule has 0 radical (unpaired) electrons. The summed E-state index contributed by atoms with van der Waals surface area (Å²) >= 11 is 0. The van der Waals surface area contributed by atoms with Crippen molar-refractivity contribution in [3.63, 3.8) is 0 Å². The van der Waals surface area contributed by atoms with Crippen LogP contribution in [0.4, 0.5) is 0 Å². The first kappa shape index (κ1) is 23.6. The molecular formula is C24H26N2O7. The number of carbonyl (C=O) groups excluding carboxylic acids is 2. The van der Waals surface area contributed by atoms with Gasteiger partial charge in [-0.1, -0.05) is 13.3 Å². The molecule has 0 unspecified atom stereocenters. The Balaban J connectivity index is 1.84. The molecule has 0 saturated heterocycles. The number of nitrogens with zero attached hydrogens (tertiary/aromatic N) is 1. The molecule has 0 bridgehead atoms. The summed E-state index contributed by atoms with van der Waals surface area (Å²) in [7, 11) is 2.89. The Morgan fingerprint density at radius 2 is 1.76 bits per heavy atom. The minimum Gasteiger partial charge on any atom is -0.494 e. The monoisotopic (exact) mass is 454 g/mol. The van der Waals surface area contributed by atoms with Gasteiger partial charge in [0, 0.05) is 5.56 Å². The third-order valence-electron chi connectivity index (χ3n) is 4.63. The van der Waals surface area contributed by atoms with Crippen molar-refractivity contribution in [3.05, 3.63) is 53.2 Å². The van der Waals surface area contributed by atoms with Crippen LogP contribution >= 0.6 is 0 Å². The molecule has 9 nitrogen and oxygen atoms in total. The molecule has 1 heterocycles. The van der Waals surface area contributed by atoms with E-state index >= 15 is 0 Å². The number of hydrogen-bond donors (Lipinski definition) is 1. The summed E-state index contributed by atoms with van der Waals surface area (Å²) in [4.78, 5) is 27.8. The van der Waals surface area contributed by atoms with Crippen molar-refractivity contribution in [1.29, 1.82) is 0 Å². The van der Waals surface area contributed by atoms with E-state index in [0.29, 0.717) is 29.2 Å². The SMILES string of the molecule is CCCCOc1ccc(C2=NC(=Cc3cc(OC)c(OCC(N)=O)c(OC)c3)C(=O)O2)cc1. The van der Waals surface area contributed by atoms with E-state index in [0.717, 1.165) is 18.6 Å². The highest BCUT2D eigenvalue weighted by Crippen LogP contribution is 2.39. The van der Waals surface area contributed by atoms with Gasteiger partial charge in [-0.2, -0.15) is 0 Å². The standard InChI is InChI=1S/C24H26N2O7/c1-4-5-10-31-17-8-6-16(7-9-17)23-26-18(24(28)33-23)11-15-12-19(29-2)22(20(13-15)30-3)32-14-21(25)27/h6-9,11-13H,4-5,10,14H2,1-3H3,(H2,25,27). The summed E-state index contributed by atoms with van der Waals surface area (Å²) in [5.41, 5.74) is 6.47. The van der Waals surface area contributed by atoms with E-state index < -0.39 is 11.9 Å². The highest BCUT2D eigenvalue weighted by molar-refractivity contribution is 6.12. The maximum atomic E-state index is 12.4. The fourth-order valence-electron chi connectivity index (χ4n) is 2.99. The number of primary amides is 1. The minimum absolute atomic E-state index is 0.114. The lowest BCUT2D eigenvalue weighted by molar-refractivity contribution is -0.130. The number of esters is 1. The van der Waals surface area contributed by atoms with E-state index in [1.54, 1.807) is 30.3 Å². The normalized spacial score (nSPS) is 14.0. The number of methoxy groups -OCH3 is 2. The fraction of sp³-hybridized carbons (Fsp3) is 0.292. The molecule has 0 aliphatic carbocycles. The zero-order valence-electron chi connectivity index (χ0n) is 18.8. The van der Waals surface area contributed by atoms with E-state index in [1.165, 1.54) is 14.2 Å². The molecule has 0 spiro atoms. The first-order valence-electron chi connectivity index (χ1n) is 10.4. The highest BCUT2D eigenvalue weighted by atomic mass is 16.6. The van der Waals surface area contributed by atoms with Crippen molar-refractivity contribution in [2.45, 2.75) is 19.8 Å². The number of ether oxygens (including phenoxy) is 5. The van der Waals surface area contributed by atoms with Gasteiger partial charge in [0.15, 0.2) is 23.8 Å². The largest absolute Gasteiger partial charge is 0.494 e. The molecule has 33 heavy (non-hydrogen) atoms. The van der Waals surface area contributed by atoms with Crippen LogP contribution in [0.5, 0.6) is 23.0 Å². The van der Waals surface area contributed by atoms with Crippen LogP contribution < -0.4 is 24.7 Å². The number of hydrogen-bond acceptors (Lipinski definition) is 8. The molecule has 1 amide bonds. The summed E-state index contributed by atoms with van der Waals surface area (Å²) in [6.07, 6.45) is 3.58.